The van der Waals surface area contributed by atoms with Gasteiger partial charge in [-0.3, -0.25) is 4.79 Å². The number of nitrogens with zero attached hydrogens (tertiary/aromatic N) is 2. The molecule has 0 amide bonds. The van der Waals surface area contributed by atoms with Crippen LogP contribution in [0.4, 0.5) is 0 Å². The van der Waals surface area contributed by atoms with Crippen molar-refractivity contribution < 1.29 is 9.53 Å². The molecule has 1 heterocycles. The van der Waals surface area contributed by atoms with Crippen molar-refractivity contribution in [3.05, 3.63) is 42.2 Å². The van der Waals surface area contributed by atoms with Crippen molar-refractivity contribution in [1.29, 1.82) is 0 Å². The van der Waals surface area contributed by atoms with Crippen molar-refractivity contribution in [3.8, 4) is 17.1 Å². The number of carbonyl (C=O) groups is 1. The molecule has 34 heavy (non-hydrogen) atoms. The summed E-state index contributed by atoms with van der Waals surface area (Å²) in [6, 6.07) is 7.49. The van der Waals surface area contributed by atoms with Crippen LogP contribution in [-0.2, 0) is 11.2 Å². The maximum absolute atomic E-state index is 12.1. The highest BCUT2D eigenvalue weighted by molar-refractivity contribution is 5.72. The molecule has 0 spiro atoms. The second-order valence-electron chi connectivity index (χ2n) is 9.75. The van der Waals surface area contributed by atoms with Gasteiger partial charge in [0.1, 0.15) is 5.75 Å². The summed E-state index contributed by atoms with van der Waals surface area (Å²) in [5.74, 6) is 1.86. The summed E-state index contributed by atoms with van der Waals surface area (Å²) in [6.45, 7) is 6.73. The maximum atomic E-state index is 12.1. The smallest absolute Gasteiger partial charge is 0.311 e. The third kappa shape index (κ3) is 11.8. The largest absolute Gasteiger partial charge is 0.427 e. The Hall–Kier alpha value is -2.23. The van der Waals surface area contributed by atoms with Crippen LogP contribution in [0.2, 0.25) is 0 Å². The SMILES string of the molecule is CCCCCCCCCCCc1cnc(-c2ccc(OC(=O)CCCC[C@@H](C)CC)cc2)nc1. The van der Waals surface area contributed by atoms with Gasteiger partial charge in [0.25, 0.3) is 0 Å². The highest BCUT2D eigenvalue weighted by Gasteiger charge is 2.07. The average Bonchev–Trinajstić information content (AvgIpc) is 2.86. The molecule has 0 aliphatic rings. The molecule has 2 aromatic rings. The van der Waals surface area contributed by atoms with Crippen molar-refractivity contribution in [1.82, 2.24) is 9.97 Å². The van der Waals surface area contributed by atoms with E-state index in [0.29, 0.717) is 18.0 Å². The summed E-state index contributed by atoms with van der Waals surface area (Å²) >= 11 is 0. The Balaban J connectivity index is 1.66. The number of unbranched alkanes of at least 4 members (excludes halogenated alkanes) is 9. The second-order valence-corrected chi connectivity index (χ2v) is 9.75. The molecule has 0 saturated carbocycles. The minimum atomic E-state index is -0.158. The van der Waals surface area contributed by atoms with Gasteiger partial charge >= 0.3 is 5.97 Å². The Morgan fingerprint density at radius 3 is 2.06 bits per heavy atom. The molecule has 188 valence electrons. The van der Waals surface area contributed by atoms with Gasteiger partial charge in [0.15, 0.2) is 5.82 Å². The lowest BCUT2D eigenvalue weighted by Crippen LogP contribution is -2.07. The molecule has 0 aliphatic heterocycles. The lowest BCUT2D eigenvalue weighted by Gasteiger charge is -2.08. The van der Waals surface area contributed by atoms with E-state index in [9.17, 15) is 4.79 Å². The highest BCUT2D eigenvalue weighted by atomic mass is 16.5. The normalized spacial score (nSPS) is 12.0. The van der Waals surface area contributed by atoms with E-state index in [-0.39, 0.29) is 5.97 Å². The van der Waals surface area contributed by atoms with Crippen LogP contribution in [0.15, 0.2) is 36.7 Å². The molecule has 0 radical (unpaired) electrons. The Labute approximate surface area is 208 Å². The van der Waals surface area contributed by atoms with E-state index in [1.807, 2.05) is 36.7 Å². The molecule has 4 nitrogen and oxygen atoms in total. The first-order valence-electron chi connectivity index (χ1n) is 13.7. The number of hydrogen-bond donors (Lipinski definition) is 0. The van der Waals surface area contributed by atoms with Crippen LogP contribution in [0.25, 0.3) is 11.4 Å². The Bertz CT molecular complexity index is 786. The van der Waals surface area contributed by atoms with Gasteiger partial charge in [0.2, 0.25) is 0 Å². The van der Waals surface area contributed by atoms with Crippen molar-refractivity contribution in [3.63, 3.8) is 0 Å². The number of aromatic nitrogens is 2. The Morgan fingerprint density at radius 1 is 0.824 bits per heavy atom. The fraction of sp³-hybridized carbons (Fsp3) is 0.633. The average molecular weight is 467 g/mol. The molecule has 0 unspecified atom stereocenters. The highest BCUT2D eigenvalue weighted by Crippen LogP contribution is 2.21. The molecule has 4 heteroatoms. The van der Waals surface area contributed by atoms with E-state index in [4.69, 9.17) is 4.74 Å². The first-order valence-corrected chi connectivity index (χ1v) is 13.7. The minimum absolute atomic E-state index is 0.158. The second kappa shape index (κ2) is 17.2. The van der Waals surface area contributed by atoms with E-state index >= 15 is 0 Å². The summed E-state index contributed by atoms with van der Waals surface area (Å²) < 4.78 is 5.47. The van der Waals surface area contributed by atoms with Crippen molar-refractivity contribution in [2.45, 2.75) is 117 Å². The number of aryl methyl sites for hydroxylation is 1. The molecule has 0 saturated heterocycles. The van der Waals surface area contributed by atoms with E-state index in [2.05, 4.69) is 30.7 Å². The zero-order valence-corrected chi connectivity index (χ0v) is 21.9. The van der Waals surface area contributed by atoms with Gasteiger partial charge < -0.3 is 4.74 Å². The lowest BCUT2D eigenvalue weighted by atomic mass is 10.0. The van der Waals surface area contributed by atoms with Gasteiger partial charge in [0, 0.05) is 24.4 Å². The summed E-state index contributed by atoms with van der Waals surface area (Å²) in [5, 5.41) is 0. The third-order valence-electron chi connectivity index (χ3n) is 6.64. The van der Waals surface area contributed by atoms with Gasteiger partial charge in [-0.1, -0.05) is 91.4 Å². The summed E-state index contributed by atoms with van der Waals surface area (Å²) in [6.07, 6.45) is 21.8. The molecule has 1 aromatic carbocycles. The monoisotopic (exact) mass is 466 g/mol. The molecule has 2 rings (SSSR count). The molecular formula is C30H46N2O2. The van der Waals surface area contributed by atoms with Gasteiger partial charge in [-0.25, -0.2) is 9.97 Å². The summed E-state index contributed by atoms with van der Waals surface area (Å²) in [4.78, 5) is 21.2. The van der Waals surface area contributed by atoms with Gasteiger partial charge in [-0.05, 0) is 55.0 Å². The standard InChI is InChI=1S/C30H46N2O2/c1-4-6-7-8-9-10-11-12-13-17-26-23-31-30(32-24-26)27-19-21-28(22-20-27)34-29(33)18-15-14-16-25(3)5-2/h19-25H,4-18H2,1-3H3/t25-/m0/s1. The number of hydrogen-bond acceptors (Lipinski definition) is 4. The van der Waals surface area contributed by atoms with E-state index in [1.54, 1.807) is 0 Å². The zero-order valence-electron chi connectivity index (χ0n) is 21.9. The van der Waals surface area contributed by atoms with Gasteiger partial charge in [-0.15, -0.1) is 0 Å². The molecule has 1 aromatic heterocycles. The Morgan fingerprint density at radius 2 is 1.44 bits per heavy atom. The lowest BCUT2D eigenvalue weighted by molar-refractivity contribution is -0.134. The van der Waals surface area contributed by atoms with Gasteiger partial charge in [-0.2, -0.15) is 0 Å². The topological polar surface area (TPSA) is 52.1 Å². The summed E-state index contributed by atoms with van der Waals surface area (Å²) in [7, 11) is 0. The minimum Gasteiger partial charge on any atom is -0.427 e. The maximum Gasteiger partial charge on any atom is 0.311 e. The van der Waals surface area contributed by atoms with E-state index < -0.39 is 0 Å². The van der Waals surface area contributed by atoms with Crippen LogP contribution < -0.4 is 4.74 Å². The van der Waals surface area contributed by atoms with Crippen LogP contribution in [0.3, 0.4) is 0 Å². The van der Waals surface area contributed by atoms with Crippen molar-refractivity contribution >= 4 is 5.97 Å². The van der Waals surface area contributed by atoms with E-state index in [1.165, 1.54) is 76.2 Å². The fourth-order valence-electron chi connectivity index (χ4n) is 4.09. The van der Waals surface area contributed by atoms with Gasteiger partial charge in [0.05, 0.1) is 0 Å². The molecule has 0 fully saturated rings. The predicted octanol–water partition coefficient (Wildman–Crippen LogP) is 8.73. The first-order chi connectivity index (χ1) is 16.6. The third-order valence-corrected chi connectivity index (χ3v) is 6.64. The molecule has 1 atom stereocenters. The molecule has 0 aliphatic carbocycles. The molecule has 0 N–H and O–H groups in total. The van der Waals surface area contributed by atoms with Crippen LogP contribution in [0.5, 0.6) is 5.75 Å². The zero-order chi connectivity index (χ0) is 24.4. The number of rotatable bonds is 18. The van der Waals surface area contributed by atoms with Crippen molar-refractivity contribution in [2.24, 2.45) is 5.92 Å². The fourth-order valence-corrected chi connectivity index (χ4v) is 4.09. The summed E-state index contributed by atoms with van der Waals surface area (Å²) in [5.41, 5.74) is 2.13. The van der Waals surface area contributed by atoms with Crippen LogP contribution >= 0.6 is 0 Å². The first kappa shape index (κ1) is 28.0. The predicted molar refractivity (Wildman–Crippen MR) is 142 cm³/mol. The van der Waals surface area contributed by atoms with Crippen LogP contribution in [0, 0.1) is 5.92 Å². The molecule has 0 bridgehead atoms. The molecular weight excluding hydrogens is 420 g/mol. The van der Waals surface area contributed by atoms with E-state index in [0.717, 1.165) is 30.7 Å². The van der Waals surface area contributed by atoms with Crippen LogP contribution in [-0.4, -0.2) is 15.9 Å². The number of esters is 1. The number of benzene rings is 1. The van der Waals surface area contributed by atoms with Crippen LogP contribution in [0.1, 0.15) is 116 Å². The Kier molecular flexibility index (Phi) is 14.2. The number of ether oxygens (including phenoxy) is 1. The quantitative estimate of drug-likeness (QED) is 0.125. The number of carbonyl (C=O) groups excluding carboxylic acids is 1. The van der Waals surface area contributed by atoms with Crippen molar-refractivity contribution in [2.75, 3.05) is 0 Å².